The maximum Gasteiger partial charge on any atom is 0.338 e. The molecule has 2 aromatic rings. The predicted molar refractivity (Wildman–Crippen MR) is 104 cm³/mol. The number of carbonyl (C=O) groups excluding carboxylic acids is 3. The van der Waals surface area contributed by atoms with Crippen LogP contribution < -0.4 is 10.6 Å². The third-order valence-corrected chi connectivity index (χ3v) is 4.26. The molecular formula is C21H24N2O4. The number of anilines is 1. The summed E-state index contributed by atoms with van der Waals surface area (Å²) < 4.78 is 4.75. The van der Waals surface area contributed by atoms with Crippen molar-refractivity contribution < 1.29 is 19.1 Å². The quantitative estimate of drug-likeness (QED) is 0.766. The molecule has 0 aromatic heterocycles. The van der Waals surface area contributed by atoms with E-state index < -0.39 is 12.0 Å². The molecule has 0 radical (unpaired) electrons. The molecule has 0 saturated carbocycles. The lowest BCUT2D eigenvalue weighted by atomic mass is 10.0. The van der Waals surface area contributed by atoms with Crippen molar-refractivity contribution in [3.63, 3.8) is 0 Å². The molecule has 1 unspecified atom stereocenters. The molecule has 2 amide bonds. The second-order valence-electron chi connectivity index (χ2n) is 6.39. The van der Waals surface area contributed by atoms with Gasteiger partial charge in [0.05, 0.1) is 25.1 Å². The van der Waals surface area contributed by atoms with Gasteiger partial charge in [0.25, 0.3) is 0 Å². The van der Waals surface area contributed by atoms with E-state index in [0.717, 1.165) is 11.1 Å². The Morgan fingerprint density at radius 1 is 1.04 bits per heavy atom. The van der Waals surface area contributed by atoms with Crippen LogP contribution in [0.1, 0.15) is 46.4 Å². The summed E-state index contributed by atoms with van der Waals surface area (Å²) in [4.78, 5) is 35.9. The van der Waals surface area contributed by atoms with Gasteiger partial charge in [-0.25, -0.2) is 4.79 Å². The summed E-state index contributed by atoms with van der Waals surface area (Å²) in [7, 11) is 1.31. The van der Waals surface area contributed by atoms with Crippen molar-refractivity contribution in [2.24, 2.45) is 0 Å². The van der Waals surface area contributed by atoms with Crippen LogP contribution in [-0.4, -0.2) is 24.9 Å². The van der Waals surface area contributed by atoms with Gasteiger partial charge in [-0.3, -0.25) is 9.59 Å². The smallest absolute Gasteiger partial charge is 0.338 e. The molecule has 0 spiro atoms. The van der Waals surface area contributed by atoms with E-state index in [0.29, 0.717) is 16.8 Å². The number of rotatable bonds is 6. The van der Waals surface area contributed by atoms with Crippen molar-refractivity contribution in [1.82, 2.24) is 5.32 Å². The van der Waals surface area contributed by atoms with Gasteiger partial charge < -0.3 is 15.4 Å². The fourth-order valence-electron chi connectivity index (χ4n) is 2.79. The maximum atomic E-state index is 12.6. The standard InChI is InChI=1S/C21H24N2O4/c1-13-8-10-16(11-9-13)19(22-15(3)24)12-20(25)23-18-7-5-6-17(14(18)2)21(26)27-4/h5-11,19H,12H2,1-4H3,(H,22,24)(H,23,25). The van der Waals surface area contributed by atoms with Crippen molar-refractivity contribution in [3.8, 4) is 0 Å². The number of amides is 2. The zero-order chi connectivity index (χ0) is 20.0. The molecule has 27 heavy (non-hydrogen) atoms. The topological polar surface area (TPSA) is 84.5 Å². The van der Waals surface area contributed by atoms with Gasteiger partial charge in [-0.15, -0.1) is 0 Å². The molecule has 2 rings (SSSR count). The van der Waals surface area contributed by atoms with E-state index in [2.05, 4.69) is 10.6 Å². The van der Waals surface area contributed by atoms with Gasteiger partial charge in [0.2, 0.25) is 11.8 Å². The average Bonchev–Trinajstić information content (AvgIpc) is 2.62. The number of hydrogen-bond donors (Lipinski definition) is 2. The molecular weight excluding hydrogens is 344 g/mol. The first-order chi connectivity index (χ1) is 12.8. The van der Waals surface area contributed by atoms with E-state index in [9.17, 15) is 14.4 Å². The van der Waals surface area contributed by atoms with E-state index >= 15 is 0 Å². The molecule has 2 aromatic carbocycles. The van der Waals surface area contributed by atoms with Gasteiger partial charge in [0, 0.05) is 12.6 Å². The molecule has 6 nitrogen and oxygen atoms in total. The highest BCUT2D eigenvalue weighted by atomic mass is 16.5. The lowest BCUT2D eigenvalue weighted by Crippen LogP contribution is -2.30. The van der Waals surface area contributed by atoms with Crippen LogP contribution in [0.5, 0.6) is 0 Å². The molecule has 6 heteroatoms. The first kappa shape index (κ1) is 20.2. The number of nitrogens with one attached hydrogen (secondary N) is 2. The number of carbonyl (C=O) groups is 3. The summed E-state index contributed by atoms with van der Waals surface area (Å²) in [5, 5.41) is 5.63. The number of methoxy groups -OCH3 is 1. The first-order valence-electron chi connectivity index (χ1n) is 8.63. The minimum atomic E-state index is -0.459. The molecule has 2 N–H and O–H groups in total. The fraction of sp³-hybridized carbons (Fsp3) is 0.286. The monoisotopic (exact) mass is 368 g/mol. The summed E-state index contributed by atoms with van der Waals surface area (Å²) in [5.41, 5.74) is 3.51. The number of ether oxygens (including phenoxy) is 1. The molecule has 0 bridgehead atoms. The highest BCUT2D eigenvalue weighted by Crippen LogP contribution is 2.22. The van der Waals surface area contributed by atoms with E-state index in [1.807, 2.05) is 31.2 Å². The van der Waals surface area contributed by atoms with Gasteiger partial charge >= 0.3 is 5.97 Å². The molecule has 142 valence electrons. The minimum Gasteiger partial charge on any atom is -0.465 e. The molecule has 1 atom stereocenters. The molecule has 0 aliphatic rings. The molecule has 0 heterocycles. The summed E-state index contributed by atoms with van der Waals surface area (Å²) >= 11 is 0. The Labute approximate surface area is 158 Å². The first-order valence-corrected chi connectivity index (χ1v) is 8.63. The van der Waals surface area contributed by atoms with Crippen molar-refractivity contribution in [3.05, 3.63) is 64.7 Å². The van der Waals surface area contributed by atoms with Crippen LogP contribution in [-0.2, 0) is 14.3 Å². The van der Waals surface area contributed by atoms with Crippen LogP contribution in [0.4, 0.5) is 5.69 Å². The molecule has 0 fully saturated rings. The third-order valence-electron chi connectivity index (χ3n) is 4.26. The second-order valence-corrected chi connectivity index (χ2v) is 6.39. The van der Waals surface area contributed by atoms with Gasteiger partial charge in [-0.1, -0.05) is 35.9 Å². The van der Waals surface area contributed by atoms with E-state index in [-0.39, 0.29) is 18.2 Å². The van der Waals surface area contributed by atoms with Crippen molar-refractivity contribution in [2.75, 3.05) is 12.4 Å². The number of aryl methyl sites for hydroxylation is 1. The number of benzene rings is 2. The van der Waals surface area contributed by atoms with Crippen LogP contribution in [0.3, 0.4) is 0 Å². The Balaban J connectivity index is 2.17. The van der Waals surface area contributed by atoms with Crippen LogP contribution >= 0.6 is 0 Å². The van der Waals surface area contributed by atoms with Crippen LogP contribution in [0, 0.1) is 13.8 Å². The van der Waals surface area contributed by atoms with Gasteiger partial charge in [0.15, 0.2) is 0 Å². The van der Waals surface area contributed by atoms with E-state index in [1.165, 1.54) is 14.0 Å². The van der Waals surface area contributed by atoms with E-state index in [1.54, 1.807) is 25.1 Å². The average molecular weight is 368 g/mol. The Morgan fingerprint density at radius 2 is 1.70 bits per heavy atom. The van der Waals surface area contributed by atoms with Crippen molar-refractivity contribution in [2.45, 2.75) is 33.2 Å². The minimum absolute atomic E-state index is 0.0739. The van der Waals surface area contributed by atoms with Crippen LogP contribution in [0.2, 0.25) is 0 Å². The van der Waals surface area contributed by atoms with Crippen LogP contribution in [0.15, 0.2) is 42.5 Å². The van der Waals surface area contributed by atoms with Gasteiger partial charge in [0.1, 0.15) is 0 Å². The molecule has 0 aliphatic heterocycles. The summed E-state index contributed by atoms with van der Waals surface area (Å²) in [6.07, 6.45) is 0.0739. The number of esters is 1. The zero-order valence-corrected chi connectivity index (χ0v) is 16.0. The second kappa shape index (κ2) is 8.98. The Bertz CT molecular complexity index is 844. The number of hydrogen-bond acceptors (Lipinski definition) is 4. The normalized spacial score (nSPS) is 11.4. The summed E-state index contributed by atoms with van der Waals surface area (Å²) in [6.45, 7) is 5.14. The fourth-order valence-corrected chi connectivity index (χ4v) is 2.79. The Morgan fingerprint density at radius 3 is 2.30 bits per heavy atom. The highest BCUT2D eigenvalue weighted by molar-refractivity contribution is 5.97. The predicted octanol–water partition coefficient (Wildman–Crippen LogP) is 3.30. The van der Waals surface area contributed by atoms with Gasteiger partial charge in [-0.05, 0) is 37.1 Å². The Hall–Kier alpha value is -3.15. The largest absolute Gasteiger partial charge is 0.465 e. The summed E-state index contributed by atoms with van der Waals surface area (Å²) in [6, 6.07) is 12.3. The molecule has 0 saturated heterocycles. The van der Waals surface area contributed by atoms with Crippen molar-refractivity contribution in [1.29, 1.82) is 0 Å². The SMILES string of the molecule is COC(=O)c1cccc(NC(=O)CC(NC(C)=O)c2ccc(C)cc2)c1C. The lowest BCUT2D eigenvalue weighted by Gasteiger charge is -2.19. The lowest BCUT2D eigenvalue weighted by molar-refractivity contribution is -0.120. The van der Waals surface area contributed by atoms with Gasteiger partial charge in [-0.2, -0.15) is 0 Å². The van der Waals surface area contributed by atoms with Crippen molar-refractivity contribution >= 4 is 23.5 Å². The molecule has 0 aliphatic carbocycles. The van der Waals surface area contributed by atoms with E-state index in [4.69, 9.17) is 4.74 Å². The summed E-state index contributed by atoms with van der Waals surface area (Å²) in [5.74, 6) is -0.934. The maximum absolute atomic E-state index is 12.6. The zero-order valence-electron chi connectivity index (χ0n) is 16.0. The van der Waals surface area contributed by atoms with Crippen LogP contribution in [0.25, 0.3) is 0 Å². The Kier molecular flexibility index (Phi) is 6.71. The highest BCUT2D eigenvalue weighted by Gasteiger charge is 2.19. The third kappa shape index (κ3) is 5.41.